The summed E-state index contributed by atoms with van der Waals surface area (Å²) in [5.74, 6) is 0. The first kappa shape index (κ1) is 9.29. The zero-order valence-corrected chi connectivity index (χ0v) is 7.58. The van der Waals surface area contributed by atoms with Crippen LogP contribution in [0.4, 0.5) is 0 Å². The Morgan fingerprint density at radius 1 is 1.50 bits per heavy atom. The second-order valence-electron chi connectivity index (χ2n) is 2.60. The Kier molecular flexibility index (Phi) is 2.89. The van der Waals surface area contributed by atoms with Crippen molar-refractivity contribution in [3.05, 3.63) is 35.4 Å². The SMILES string of the molecule is Cc1ccccc1C(O)C(=O)S. The highest BCUT2D eigenvalue weighted by atomic mass is 32.1. The smallest absolute Gasteiger partial charge is 0.218 e. The Balaban J connectivity index is 3.02. The van der Waals surface area contributed by atoms with Gasteiger partial charge in [0.15, 0.2) is 0 Å². The molecule has 1 atom stereocenters. The molecule has 2 nitrogen and oxygen atoms in total. The molecule has 1 N–H and O–H groups in total. The van der Waals surface area contributed by atoms with E-state index in [1.165, 1.54) is 0 Å². The monoisotopic (exact) mass is 182 g/mol. The number of hydrogen-bond donors (Lipinski definition) is 2. The summed E-state index contributed by atoms with van der Waals surface area (Å²) in [7, 11) is 0. The lowest BCUT2D eigenvalue weighted by atomic mass is 10.0. The largest absolute Gasteiger partial charge is 0.380 e. The summed E-state index contributed by atoms with van der Waals surface area (Å²) in [4.78, 5) is 10.7. The predicted octanol–water partition coefficient (Wildman–Crippen LogP) is 1.48. The summed E-state index contributed by atoms with van der Waals surface area (Å²) < 4.78 is 0. The van der Waals surface area contributed by atoms with E-state index in [1.54, 1.807) is 12.1 Å². The van der Waals surface area contributed by atoms with Gasteiger partial charge in [-0.3, -0.25) is 4.79 Å². The lowest BCUT2D eigenvalue weighted by Crippen LogP contribution is -2.06. The van der Waals surface area contributed by atoms with E-state index in [0.29, 0.717) is 5.56 Å². The van der Waals surface area contributed by atoms with Gasteiger partial charge in [0.2, 0.25) is 5.12 Å². The van der Waals surface area contributed by atoms with Gasteiger partial charge < -0.3 is 5.11 Å². The van der Waals surface area contributed by atoms with Gasteiger partial charge in [-0.05, 0) is 18.1 Å². The molecule has 0 fully saturated rings. The molecule has 1 rings (SSSR count). The molecule has 0 saturated carbocycles. The molecule has 1 unspecified atom stereocenters. The van der Waals surface area contributed by atoms with Gasteiger partial charge in [0.05, 0.1) is 0 Å². The molecule has 0 aliphatic carbocycles. The van der Waals surface area contributed by atoms with Crippen LogP contribution >= 0.6 is 12.6 Å². The molecular weight excluding hydrogens is 172 g/mol. The number of thiol groups is 1. The highest BCUT2D eigenvalue weighted by molar-refractivity contribution is 7.96. The highest BCUT2D eigenvalue weighted by Gasteiger charge is 2.14. The van der Waals surface area contributed by atoms with Crippen LogP contribution in [0, 0.1) is 6.92 Å². The Morgan fingerprint density at radius 3 is 2.58 bits per heavy atom. The van der Waals surface area contributed by atoms with E-state index in [1.807, 2.05) is 19.1 Å². The molecule has 0 saturated heterocycles. The summed E-state index contributed by atoms with van der Waals surface area (Å²) in [5, 5.41) is 8.83. The van der Waals surface area contributed by atoms with Crippen LogP contribution < -0.4 is 0 Å². The van der Waals surface area contributed by atoms with Gasteiger partial charge in [0.1, 0.15) is 6.10 Å². The van der Waals surface area contributed by atoms with Crippen LogP contribution in [0.15, 0.2) is 24.3 Å². The fourth-order valence-electron chi connectivity index (χ4n) is 1.03. The third-order valence-corrected chi connectivity index (χ3v) is 1.96. The van der Waals surface area contributed by atoms with Crippen molar-refractivity contribution in [1.82, 2.24) is 0 Å². The third kappa shape index (κ3) is 1.87. The van der Waals surface area contributed by atoms with Crippen LogP contribution in [0.3, 0.4) is 0 Å². The number of aliphatic hydroxyl groups is 1. The lowest BCUT2D eigenvalue weighted by Gasteiger charge is -2.08. The third-order valence-electron chi connectivity index (χ3n) is 1.72. The lowest BCUT2D eigenvalue weighted by molar-refractivity contribution is -0.118. The second-order valence-corrected chi connectivity index (χ2v) is 3.04. The molecule has 0 heterocycles. The van der Waals surface area contributed by atoms with Crippen molar-refractivity contribution in [1.29, 1.82) is 0 Å². The second kappa shape index (κ2) is 3.74. The van der Waals surface area contributed by atoms with E-state index in [4.69, 9.17) is 0 Å². The van der Waals surface area contributed by atoms with E-state index >= 15 is 0 Å². The van der Waals surface area contributed by atoms with E-state index in [9.17, 15) is 9.90 Å². The number of carbonyl (C=O) groups is 1. The molecule has 64 valence electrons. The fourth-order valence-corrected chi connectivity index (χ4v) is 1.17. The fraction of sp³-hybridized carbons (Fsp3) is 0.222. The maximum atomic E-state index is 10.7. The predicted molar refractivity (Wildman–Crippen MR) is 50.1 cm³/mol. The van der Waals surface area contributed by atoms with Gasteiger partial charge in [-0.1, -0.05) is 24.3 Å². The van der Waals surface area contributed by atoms with Gasteiger partial charge in [0.25, 0.3) is 0 Å². The first-order chi connectivity index (χ1) is 5.63. The minimum absolute atomic E-state index is 0.524. The normalized spacial score (nSPS) is 12.6. The van der Waals surface area contributed by atoms with Crippen LogP contribution in [0.25, 0.3) is 0 Å². The van der Waals surface area contributed by atoms with Gasteiger partial charge in [-0.2, -0.15) is 0 Å². The average molecular weight is 182 g/mol. The Labute approximate surface area is 76.6 Å². The molecule has 12 heavy (non-hydrogen) atoms. The Morgan fingerprint density at radius 2 is 2.08 bits per heavy atom. The highest BCUT2D eigenvalue weighted by Crippen LogP contribution is 2.18. The molecule has 0 aromatic heterocycles. The standard InChI is InChI=1S/C9H10O2S/c1-6-4-2-3-5-7(6)8(10)9(11)12/h2-5,8,10H,1H3,(H,11,12). The minimum Gasteiger partial charge on any atom is -0.380 e. The first-order valence-corrected chi connectivity index (χ1v) is 4.04. The van der Waals surface area contributed by atoms with Gasteiger partial charge in [0, 0.05) is 0 Å². The van der Waals surface area contributed by atoms with Crippen molar-refractivity contribution in [3.8, 4) is 0 Å². The van der Waals surface area contributed by atoms with Gasteiger partial charge >= 0.3 is 0 Å². The van der Waals surface area contributed by atoms with Crippen LogP contribution in [0.5, 0.6) is 0 Å². The molecule has 1 aromatic rings. The minimum atomic E-state index is -1.10. The molecule has 0 aliphatic heterocycles. The summed E-state index contributed by atoms with van der Waals surface area (Å²) >= 11 is 3.56. The first-order valence-electron chi connectivity index (χ1n) is 3.59. The maximum Gasteiger partial charge on any atom is 0.218 e. The molecule has 3 heteroatoms. The number of hydrogen-bond acceptors (Lipinski definition) is 2. The number of benzene rings is 1. The number of aryl methyl sites for hydroxylation is 1. The van der Waals surface area contributed by atoms with Crippen LogP contribution in [0.2, 0.25) is 0 Å². The molecule has 0 aliphatic rings. The molecule has 1 aromatic carbocycles. The number of rotatable bonds is 2. The molecule has 0 radical (unpaired) electrons. The van der Waals surface area contributed by atoms with Crippen LogP contribution in [0.1, 0.15) is 17.2 Å². The van der Waals surface area contributed by atoms with E-state index < -0.39 is 11.2 Å². The topological polar surface area (TPSA) is 37.3 Å². The Hall–Kier alpha value is -0.800. The van der Waals surface area contributed by atoms with E-state index in [0.717, 1.165) is 5.56 Å². The average Bonchev–Trinajstić information content (AvgIpc) is 2.04. The molecule has 0 amide bonds. The van der Waals surface area contributed by atoms with Crippen molar-refractivity contribution in [2.24, 2.45) is 0 Å². The number of aliphatic hydroxyl groups excluding tert-OH is 1. The van der Waals surface area contributed by atoms with Crippen LogP contribution in [-0.4, -0.2) is 10.2 Å². The van der Waals surface area contributed by atoms with Crippen molar-refractivity contribution >= 4 is 17.7 Å². The molecule has 0 bridgehead atoms. The van der Waals surface area contributed by atoms with Gasteiger partial charge in [-0.15, -0.1) is 12.6 Å². The van der Waals surface area contributed by atoms with Crippen LogP contribution in [-0.2, 0) is 4.79 Å². The van der Waals surface area contributed by atoms with E-state index in [2.05, 4.69) is 12.6 Å². The zero-order valence-electron chi connectivity index (χ0n) is 6.69. The summed E-state index contributed by atoms with van der Waals surface area (Å²) in [6.45, 7) is 1.84. The maximum absolute atomic E-state index is 10.7. The van der Waals surface area contributed by atoms with Crippen molar-refractivity contribution in [3.63, 3.8) is 0 Å². The Bertz CT molecular complexity index is 296. The van der Waals surface area contributed by atoms with Crippen molar-refractivity contribution in [2.75, 3.05) is 0 Å². The number of carbonyl (C=O) groups excluding carboxylic acids is 1. The van der Waals surface area contributed by atoms with Gasteiger partial charge in [-0.25, -0.2) is 0 Å². The van der Waals surface area contributed by atoms with E-state index in [-0.39, 0.29) is 0 Å². The van der Waals surface area contributed by atoms with Crippen molar-refractivity contribution < 1.29 is 9.90 Å². The summed E-state index contributed by atoms with van der Waals surface area (Å²) in [6, 6.07) is 7.19. The molecule has 0 spiro atoms. The summed E-state index contributed by atoms with van der Waals surface area (Å²) in [5.41, 5.74) is 1.52. The zero-order chi connectivity index (χ0) is 9.14. The van der Waals surface area contributed by atoms with Crippen molar-refractivity contribution in [2.45, 2.75) is 13.0 Å². The quantitative estimate of drug-likeness (QED) is 0.680. The summed E-state index contributed by atoms with van der Waals surface area (Å²) in [6.07, 6.45) is -1.10. The molecular formula is C9H10O2S.